The highest BCUT2D eigenvalue weighted by atomic mass is 35.5. The number of nitrogens with zero attached hydrogens (tertiary/aromatic N) is 2. The van der Waals surface area contributed by atoms with E-state index in [0.29, 0.717) is 12.1 Å². The maximum Gasteiger partial charge on any atom is 0.156 e. The number of carbonyl (C=O) groups excluding carboxylic acids is 1. The quantitative estimate of drug-likeness (QED) is 0.689. The summed E-state index contributed by atoms with van der Waals surface area (Å²) in [6.45, 7) is 0. The lowest BCUT2D eigenvalue weighted by Gasteiger charge is -2.09. The van der Waals surface area contributed by atoms with Crippen LogP contribution in [0.4, 0.5) is 11.5 Å². The van der Waals surface area contributed by atoms with Crippen LogP contribution in [-0.2, 0) is 12.8 Å². The zero-order valence-electron chi connectivity index (χ0n) is 10.2. The smallest absolute Gasteiger partial charge is 0.156 e. The Labute approximate surface area is 115 Å². The minimum atomic E-state index is 0.161. The van der Waals surface area contributed by atoms with Crippen LogP contribution in [0.15, 0.2) is 24.5 Å². The van der Waals surface area contributed by atoms with Gasteiger partial charge in [0.1, 0.15) is 17.3 Å². The van der Waals surface area contributed by atoms with E-state index in [2.05, 4.69) is 27.4 Å². The Bertz CT molecular complexity index is 643. The molecule has 0 atom stereocenters. The van der Waals surface area contributed by atoms with Gasteiger partial charge in [-0.1, -0.05) is 17.7 Å². The first-order chi connectivity index (χ1) is 9.28. The second kappa shape index (κ2) is 4.97. The van der Waals surface area contributed by atoms with E-state index in [9.17, 15) is 4.79 Å². The molecule has 0 unspecified atom stereocenters. The predicted octanol–water partition coefficient (Wildman–Crippen LogP) is 3.17. The lowest BCUT2D eigenvalue weighted by Crippen LogP contribution is -2.01. The van der Waals surface area contributed by atoms with Crippen LogP contribution in [0.1, 0.15) is 27.9 Å². The Morgan fingerprint density at radius 2 is 2.05 bits per heavy atom. The van der Waals surface area contributed by atoms with Gasteiger partial charge in [0, 0.05) is 5.69 Å². The summed E-state index contributed by atoms with van der Waals surface area (Å²) >= 11 is 5.87. The maximum absolute atomic E-state index is 11.0. The van der Waals surface area contributed by atoms with Crippen molar-refractivity contribution in [2.45, 2.75) is 19.3 Å². The first-order valence-corrected chi connectivity index (χ1v) is 6.50. The van der Waals surface area contributed by atoms with Crippen LogP contribution in [0.3, 0.4) is 0 Å². The molecule has 0 spiro atoms. The van der Waals surface area contributed by atoms with E-state index in [1.54, 1.807) is 0 Å². The number of hydrogen-bond acceptors (Lipinski definition) is 4. The molecule has 2 aromatic rings. The number of fused-ring (bicyclic) bond motifs is 1. The van der Waals surface area contributed by atoms with Gasteiger partial charge >= 0.3 is 0 Å². The van der Waals surface area contributed by atoms with Crippen LogP contribution in [0.2, 0.25) is 5.15 Å². The molecule has 0 fully saturated rings. The van der Waals surface area contributed by atoms with Crippen LogP contribution in [0.5, 0.6) is 0 Å². The number of aryl methyl sites for hydroxylation is 2. The van der Waals surface area contributed by atoms with Gasteiger partial charge in [0.2, 0.25) is 0 Å². The van der Waals surface area contributed by atoms with E-state index in [-0.39, 0.29) is 10.7 Å². The number of rotatable bonds is 3. The van der Waals surface area contributed by atoms with Crippen molar-refractivity contribution in [2.75, 3.05) is 5.32 Å². The molecular formula is C14H12ClN3O. The van der Waals surface area contributed by atoms with E-state index in [0.717, 1.165) is 18.5 Å². The zero-order valence-corrected chi connectivity index (χ0v) is 10.9. The molecule has 0 aliphatic heterocycles. The summed E-state index contributed by atoms with van der Waals surface area (Å²) in [7, 11) is 0. The second-order valence-corrected chi connectivity index (χ2v) is 4.86. The number of halogens is 1. The largest absolute Gasteiger partial charge is 0.339 e. The topological polar surface area (TPSA) is 54.9 Å². The Morgan fingerprint density at radius 1 is 1.21 bits per heavy atom. The van der Waals surface area contributed by atoms with E-state index in [1.165, 1.54) is 23.9 Å². The average molecular weight is 274 g/mol. The highest BCUT2D eigenvalue weighted by Crippen LogP contribution is 2.27. The Hall–Kier alpha value is -1.94. The van der Waals surface area contributed by atoms with E-state index in [1.807, 2.05) is 6.07 Å². The Kier molecular flexibility index (Phi) is 3.17. The van der Waals surface area contributed by atoms with Crippen molar-refractivity contribution in [1.82, 2.24) is 9.97 Å². The predicted molar refractivity (Wildman–Crippen MR) is 74.2 cm³/mol. The fraction of sp³-hybridized carbons (Fsp3) is 0.214. The van der Waals surface area contributed by atoms with Gasteiger partial charge in [0.15, 0.2) is 6.29 Å². The summed E-state index contributed by atoms with van der Waals surface area (Å²) in [4.78, 5) is 18.9. The molecule has 0 amide bonds. The molecule has 1 aliphatic rings. The van der Waals surface area contributed by atoms with Crippen molar-refractivity contribution < 1.29 is 4.79 Å². The van der Waals surface area contributed by atoms with Gasteiger partial charge in [0.05, 0.1) is 5.56 Å². The van der Waals surface area contributed by atoms with Crippen LogP contribution < -0.4 is 5.32 Å². The number of anilines is 2. The highest BCUT2D eigenvalue weighted by molar-refractivity contribution is 6.32. The third-order valence-corrected chi connectivity index (χ3v) is 3.62. The Balaban J connectivity index is 1.93. The Morgan fingerprint density at radius 3 is 2.89 bits per heavy atom. The fourth-order valence-corrected chi connectivity index (χ4v) is 2.54. The number of carbonyl (C=O) groups is 1. The van der Waals surface area contributed by atoms with Crippen LogP contribution in [0, 0.1) is 0 Å². The average Bonchev–Trinajstić information content (AvgIpc) is 2.86. The SMILES string of the molecule is O=Cc1c(Cl)ncnc1Nc1ccc2c(c1)CCC2. The third kappa shape index (κ3) is 2.31. The molecular weight excluding hydrogens is 262 g/mol. The summed E-state index contributed by atoms with van der Waals surface area (Å²) in [5.41, 5.74) is 3.96. The van der Waals surface area contributed by atoms with Crippen LogP contribution >= 0.6 is 11.6 Å². The van der Waals surface area contributed by atoms with E-state index < -0.39 is 0 Å². The van der Waals surface area contributed by atoms with Crippen molar-refractivity contribution in [2.24, 2.45) is 0 Å². The summed E-state index contributed by atoms with van der Waals surface area (Å²) in [5.74, 6) is 0.438. The van der Waals surface area contributed by atoms with Crippen LogP contribution in [0.25, 0.3) is 0 Å². The molecule has 5 heteroatoms. The molecule has 0 bridgehead atoms. The first kappa shape index (κ1) is 12.1. The lowest BCUT2D eigenvalue weighted by atomic mass is 10.1. The molecule has 3 rings (SSSR count). The molecule has 1 aromatic carbocycles. The van der Waals surface area contributed by atoms with Crippen molar-refractivity contribution in [3.05, 3.63) is 46.4 Å². The summed E-state index contributed by atoms with van der Waals surface area (Å²) in [5, 5.41) is 3.29. The zero-order chi connectivity index (χ0) is 13.2. The molecule has 0 saturated carbocycles. The number of nitrogens with one attached hydrogen (secondary N) is 1. The summed E-state index contributed by atoms with van der Waals surface area (Å²) in [6, 6.07) is 6.22. The molecule has 1 aliphatic carbocycles. The van der Waals surface area contributed by atoms with Crippen LogP contribution in [-0.4, -0.2) is 16.3 Å². The molecule has 1 heterocycles. The van der Waals surface area contributed by atoms with Gasteiger partial charge in [-0.05, 0) is 42.5 Å². The van der Waals surface area contributed by atoms with E-state index in [4.69, 9.17) is 11.6 Å². The fourth-order valence-electron chi connectivity index (χ4n) is 2.36. The molecule has 19 heavy (non-hydrogen) atoms. The normalized spacial score (nSPS) is 13.1. The molecule has 96 valence electrons. The monoisotopic (exact) mass is 273 g/mol. The molecule has 1 N–H and O–H groups in total. The number of aldehydes is 1. The number of hydrogen-bond donors (Lipinski definition) is 1. The lowest BCUT2D eigenvalue weighted by molar-refractivity contribution is 0.112. The van der Waals surface area contributed by atoms with Crippen molar-refractivity contribution in [3.8, 4) is 0 Å². The van der Waals surface area contributed by atoms with Gasteiger partial charge in [-0.2, -0.15) is 0 Å². The number of benzene rings is 1. The molecule has 1 aromatic heterocycles. The van der Waals surface area contributed by atoms with Crippen molar-refractivity contribution in [1.29, 1.82) is 0 Å². The maximum atomic E-state index is 11.0. The molecule has 0 radical (unpaired) electrons. The number of aromatic nitrogens is 2. The van der Waals surface area contributed by atoms with Gasteiger partial charge < -0.3 is 5.32 Å². The van der Waals surface area contributed by atoms with Gasteiger partial charge in [0.25, 0.3) is 0 Å². The second-order valence-electron chi connectivity index (χ2n) is 4.51. The minimum absolute atomic E-state index is 0.161. The summed E-state index contributed by atoms with van der Waals surface area (Å²) in [6.07, 6.45) is 5.46. The summed E-state index contributed by atoms with van der Waals surface area (Å²) < 4.78 is 0. The van der Waals surface area contributed by atoms with Gasteiger partial charge in [-0.25, -0.2) is 9.97 Å². The third-order valence-electron chi connectivity index (χ3n) is 3.31. The van der Waals surface area contributed by atoms with Gasteiger partial charge in [-0.15, -0.1) is 0 Å². The van der Waals surface area contributed by atoms with Crippen molar-refractivity contribution in [3.63, 3.8) is 0 Å². The standard InChI is InChI=1S/C14H12ClN3O/c15-13-12(7-19)14(17-8-16-13)18-11-5-4-9-2-1-3-10(9)6-11/h4-8H,1-3H2,(H,16,17,18). The van der Waals surface area contributed by atoms with E-state index >= 15 is 0 Å². The van der Waals surface area contributed by atoms with Crippen molar-refractivity contribution >= 4 is 29.4 Å². The highest BCUT2D eigenvalue weighted by Gasteiger charge is 2.13. The first-order valence-electron chi connectivity index (χ1n) is 6.12. The van der Waals surface area contributed by atoms with Gasteiger partial charge in [-0.3, -0.25) is 4.79 Å². The minimum Gasteiger partial charge on any atom is -0.339 e. The molecule has 4 nitrogen and oxygen atoms in total. The molecule has 0 saturated heterocycles.